The monoisotopic (exact) mass is 360 g/mol. The first kappa shape index (κ1) is 17.3. The molecule has 2 nitrogen and oxygen atoms in total. The summed E-state index contributed by atoms with van der Waals surface area (Å²) in [7, 11) is 0. The molecular formula is C25H32N2. The topological polar surface area (TPSA) is 8.17 Å². The van der Waals surface area contributed by atoms with Crippen molar-refractivity contribution in [3.05, 3.63) is 66.0 Å². The summed E-state index contributed by atoms with van der Waals surface area (Å²) in [6.45, 7) is 5.05. The number of fused-ring (bicyclic) bond motifs is 1. The number of allylic oxidation sites excluding steroid dienone is 1. The molecule has 1 saturated carbocycles. The van der Waals surface area contributed by atoms with Crippen molar-refractivity contribution in [2.75, 3.05) is 19.6 Å². The van der Waals surface area contributed by atoms with Gasteiger partial charge in [-0.05, 0) is 66.4 Å². The highest BCUT2D eigenvalue weighted by Gasteiger charge is 2.38. The van der Waals surface area contributed by atoms with Crippen LogP contribution < -0.4 is 0 Å². The van der Waals surface area contributed by atoms with Gasteiger partial charge < -0.3 is 9.47 Å². The van der Waals surface area contributed by atoms with Crippen molar-refractivity contribution in [3.63, 3.8) is 0 Å². The van der Waals surface area contributed by atoms with Crippen LogP contribution in [-0.2, 0) is 13.0 Å². The van der Waals surface area contributed by atoms with Crippen LogP contribution in [0.3, 0.4) is 0 Å². The van der Waals surface area contributed by atoms with Gasteiger partial charge in [-0.25, -0.2) is 0 Å². The van der Waals surface area contributed by atoms with Crippen molar-refractivity contribution in [3.8, 4) is 0 Å². The molecule has 0 amide bonds. The molecule has 3 aliphatic rings. The second kappa shape index (κ2) is 7.67. The average Bonchev–Trinajstić information content (AvgIpc) is 3.46. The van der Waals surface area contributed by atoms with E-state index in [1.807, 2.05) is 0 Å². The summed E-state index contributed by atoms with van der Waals surface area (Å²) in [5.41, 5.74) is 4.54. The van der Waals surface area contributed by atoms with Crippen molar-refractivity contribution in [1.82, 2.24) is 9.47 Å². The van der Waals surface area contributed by atoms with Crippen LogP contribution in [0.1, 0.15) is 43.2 Å². The highest BCUT2D eigenvalue weighted by molar-refractivity contribution is 5.70. The van der Waals surface area contributed by atoms with E-state index in [1.165, 1.54) is 62.9 Å². The Labute approximate surface area is 163 Å². The molecule has 5 rings (SSSR count). The van der Waals surface area contributed by atoms with Gasteiger partial charge in [-0.2, -0.15) is 0 Å². The third-order valence-electron chi connectivity index (χ3n) is 7.16. The van der Waals surface area contributed by atoms with Gasteiger partial charge in [0.15, 0.2) is 0 Å². The molecule has 27 heavy (non-hydrogen) atoms. The number of nitrogens with zero attached hydrogens (tertiary/aromatic N) is 2. The highest BCUT2D eigenvalue weighted by Crippen LogP contribution is 2.43. The lowest BCUT2D eigenvalue weighted by Gasteiger charge is -2.21. The maximum atomic E-state index is 2.78. The molecular weight excluding hydrogens is 328 g/mol. The molecule has 142 valence electrons. The largest absolute Gasteiger partial charge is 0.354 e. The SMILES string of the molecule is C1=C(c2ccc(CCn3cccc3)cc2)[C@H]2CN(CC3CCCC3)C[C@H]2C1. The van der Waals surface area contributed by atoms with Crippen LogP contribution in [0.5, 0.6) is 0 Å². The second-order valence-corrected chi connectivity index (χ2v) is 9.00. The van der Waals surface area contributed by atoms with Gasteiger partial charge >= 0.3 is 0 Å². The van der Waals surface area contributed by atoms with Crippen molar-refractivity contribution in [2.24, 2.45) is 17.8 Å². The van der Waals surface area contributed by atoms with E-state index in [0.29, 0.717) is 0 Å². The van der Waals surface area contributed by atoms with E-state index in [9.17, 15) is 0 Å². The zero-order chi connectivity index (χ0) is 18.1. The molecule has 1 aromatic heterocycles. The minimum absolute atomic E-state index is 0.775. The van der Waals surface area contributed by atoms with Crippen LogP contribution >= 0.6 is 0 Å². The zero-order valence-electron chi connectivity index (χ0n) is 16.4. The van der Waals surface area contributed by atoms with Crippen molar-refractivity contribution >= 4 is 5.57 Å². The summed E-state index contributed by atoms with van der Waals surface area (Å²) in [6, 6.07) is 13.6. The Hall–Kier alpha value is -1.80. The van der Waals surface area contributed by atoms with Crippen LogP contribution in [0.4, 0.5) is 0 Å². The van der Waals surface area contributed by atoms with Crippen LogP contribution in [-0.4, -0.2) is 29.1 Å². The van der Waals surface area contributed by atoms with Gasteiger partial charge in [0.1, 0.15) is 0 Å². The Balaban J connectivity index is 1.20. The van der Waals surface area contributed by atoms with Gasteiger partial charge in [0.2, 0.25) is 0 Å². The summed E-state index contributed by atoms with van der Waals surface area (Å²) >= 11 is 0. The molecule has 2 heterocycles. The molecule has 0 unspecified atom stereocenters. The lowest BCUT2D eigenvalue weighted by atomic mass is 9.90. The Kier molecular flexibility index (Phi) is 4.92. The Morgan fingerprint density at radius 1 is 0.926 bits per heavy atom. The van der Waals surface area contributed by atoms with E-state index in [1.54, 1.807) is 5.57 Å². The standard InChI is InChI=1S/C25H32N2/c1-2-6-21(5-1)17-27-18-23-11-12-24(25(23)19-27)22-9-7-20(8-10-22)13-16-26-14-3-4-15-26/h3-4,7-10,12,14-15,21,23,25H,1-2,5-6,11,13,16-19H2/t23-,25+/m1/s1. The fourth-order valence-electron chi connectivity index (χ4n) is 5.66. The smallest absolute Gasteiger partial charge is 0.0260 e. The van der Waals surface area contributed by atoms with E-state index < -0.39 is 0 Å². The van der Waals surface area contributed by atoms with E-state index in [2.05, 4.69) is 64.3 Å². The minimum Gasteiger partial charge on any atom is -0.354 e. The fourth-order valence-corrected chi connectivity index (χ4v) is 5.66. The Bertz CT molecular complexity index is 765. The zero-order valence-corrected chi connectivity index (χ0v) is 16.4. The predicted molar refractivity (Wildman–Crippen MR) is 113 cm³/mol. The number of hydrogen-bond donors (Lipinski definition) is 0. The van der Waals surface area contributed by atoms with E-state index >= 15 is 0 Å². The predicted octanol–water partition coefficient (Wildman–Crippen LogP) is 5.26. The van der Waals surface area contributed by atoms with Gasteiger partial charge in [0.05, 0.1) is 0 Å². The summed E-state index contributed by atoms with van der Waals surface area (Å²) in [6.07, 6.45) is 15.1. The molecule has 1 aliphatic heterocycles. The van der Waals surface area contributed by atoms with Gasteiger partial charge in [-0.15, -0.1) is 0 Å². The minimum atomic E-state index is 0.775. The maximum Gasteiger partial charge on any atom is 0.0260 e. The summed E-state index contributed by atoms with van der Waals surface area (Å²) < 4.78 is 2.26. The molecule has 2 aliphatic carbocycles. The summed E-state index contributed by atoms with van der Waals surface area (Å²) in [5, 5.41) is 0. The highest BCUT2D eigenvalue weighted by atomic mass is 15.2. The molecule has 0 spiro atoms. The van der Waals surface area contributed by atoms with Gasteiger partial charge in [0.25, 0.3) is 0 Å². The van der Waals surface area contributed by atoms with Gasteiger partial charge in [0, 0.05) is 44.5 Å². The number of rotatable bonds is 6. The molecule has 0 bridgehead atoms. The van der Waals surface area contributed by atoms with E-state index in [0.717, 1.165) is 30.7 Å². The number of benzene rings is 1. The number of aryl methyl sites for hydroxylation is 2. The van der Waals surface area contributed by atoms with E-state index in [-0.39, 0.29) is 0 Å². The maximum absolute atomic E-state index is 2.78. The Morgan fingerprint density at radius 2 is 1.70 bits per heavy atom. The fraction of sp³-hybridized carbons (Fsp3) is 0.520. The normalized spacial score (nSPS) is 25.9. The lowest BCUT2D eigenvalue weighted by Crippen LogP contribution is -2.27. The first-order valence-electron chi connectivity index (χ1n) is 11.0. The molecule has 0 N–H and O–H groups in total. The second-order valence-electron chi connectivity index (χ2n) is 9.00. The van der Waals surface area contributed by atoms with Gasteiger partial charge in [-0.3, -0.25) is 0 Å². The summed E-state index contributed by atoms with van der Waals surface area (Å²) in [4.78, 5) is 2.78. The molecule has 2 atom stereocenters. The van der Waals surface area contributed by atoms with Crippen LogP contribution in [0.2, 0.25) is 0 Å². The average molecular weight is 361 g/mol. The van der Waals surface area contributed by atoms with Crippen molar-refractivity contribution < 1.29 is 0 Å². The molecule has 2 aromatic rings. The quantitative estimate of drug-likeness (QED) is 0.682. The first-order chi connectivity index (χ1) is 13.3. The first-order valence-corrected chi connectivity index (χ1v) is 11.0. The van der Waals surface area contributed by atoms with Gasteiger partial charge in [-0.1, -0.05) is 43.2 Å². The third kappa shape index (κ3) is 3.78. The molecule has 1 saturated heterocycles. The van der Waals surface area contributed by atoms with Crippen molar-refractivity contribution in [1.29, 1.82) is 0 Å². The van der Waals surface area contributed by atoms with Crippen molar-refractivity contribution in [2.45, 2.75) is 45.1 Å². The lowest BCUT2D eigenvalue weighted by molar-refractivity contribution is 0.269. The molecule has 1 aromatic carbocycles. The number of aromatic nitrogens is 1. The van der Waals surface area contributed by atoms with Crippen LogP contribution in [0, 0.1) is 17.8 Å². The molecule has 2 fully saturated rings. The van der Waals surface area contributed by atoms with Crippen LogP contribution in [0.25, 0.3) is 5.57 Å². The number of hydrogen-bond acceptors (Lipinski definition) is 1. The third-order valence-corrected chi connectivity index (χ3v) is 7.16. The van der Waals surface area contributed by atoms with E-state index in [4.69, 9.17) is 0 Å². The molecule has 0 radical (unpaired) electrons. The Morgan fingerprint density at radius 3 is 2.48 bits per heavy atom. The van der Waals surface area contributed by atoms with Crippen LogP contribution in [0.15, 0.2) is 54.9 Å². The summed E-state index contributed by atoms with van der Waals surface area (Å²) in [5.74, 6) is 2.63. The molecule has 2 heteroatoms. The number of likely N-dealkylation sites (tertiary alicyclic amines) is 1.